The minimum absolute atomic E-state index is 0.115. The van der Waals surface area contributed by atoms with Gasteiger partial charge in [0.15, 0.2) is 0 Å². The van der Waals surface area contributed by atoms with E-state index in [4.69, 9.17) is 5.26 Å². The second kappa shape index (κ2) is 6.39. The lowest BCUT2D eigenvalue weighted by Gasteiger charge is -2.21. The van der Waals surface area contributed by atoms with Gasteiger partial charge in [0, 0.05) is 4.88 Å². The van der Waals surface area contributed by atoms with E-state index in [9.17, 15) is 8.42 Å². The molecule has 0 saturated carbocycles. The van der Waals surface area contributed by atoms with Crippen LogP contribution in [0.15, 0.2) is 46.7 Å². The largest absolute Gasteiger partial charge is 0.241 e. The van der Waals surface area contributed by atoms with Gasteiger partial charge in [-0.05, 0) is 35.6 Å². The molecular formula is C15H16N2O2S2. The van der Waals surface area contributed by atoms with Crippen molar-refractivity contribution >= 4 is 21.4 Å². The van der Waals surface area contributed by atoms with Crippen LogP contribution in [-0.2, 0) is 10.0 Å². The lowest BCUT2D eigenvalue weighted by Crippen LogP contribution is -2.31. The van der Waals surface area contributed by atoms with E-state index in [1.165, 1.54) is 23.5 Å². The van der Waals surface area contributed by atoms with Crippen LogP contribution in [0.5, 0.6) is 0 Å². The van der Waals surface area contributed by atoms with Crippen LogP contribution in [0.4, 0.5) is 0 Å². The molecule has 0 fully saturated rings. The van der Waals surface area contributed by atoms with Crippen molar-refractivity contribution in [3.63, 3.8) is 0 Å². The fourth-order valence-electron chi connectivity index (χ4n) is 1.96. The van der Waals surface area contributed by atoms with Crippen LogP contribution >= 0.6 is 11.3 Å². The van der Waals surface area contributed by atoms with Crippen molar-refractivity contribution in [1.82, 2.24) is 4.72 Å². The third-order valence-corrected chi connectivity index (χ3v) is 5.47. The van der Waals surface area contributed by atoms with Crippen molar-refractivity contribution in [3.8, 4) is 6.07 Å². The molecule has 110 valence electrons. The van der Waals surface area contributed by atoms with E-state index in [-0.39, 0.29) is 16.9 Å². The van der Waals surface area contributed by atoms with Crippen LogP contribution in [0.25, 0.3) is 0 Å². The molecule has 6 heteroatoms. The molecule has 1 heterocycles. The zero-order valence-corrected chi connectivity index (χ0v) is 13.4. The summed E-state index contributed by atoms with van der Waals surface area (Å²) in [5.74, 6) is 0.123. The Hall–Kier alpha value is -1.68. The first-order valence-corrected chi connectivity index (χ1v) is 8.86. The van der Waals surface area contributed by atoms with E-state index in [0.717, 1.165) is 4.88 Å². The van der Waals surface area contributed by atoms with Gasteiger partial charge < -0.3 is 0 Å². The molecule has 1 aromatic heterocycles. The van der Waals surface area contributed by atoms with Crippen LogP contribution in [0, 0.1) is 17.2 Å². The third-order valence-electron chi connectivity index (χ3n) is 3.07. The Morgan fingerprint density at radius 3 is 2.57 bits per heavy atom. The van der Waals surface area contributed by atoms with E-state index >= 15 is 0 Å². The Kier molecular flexibility index (Phi) is 4.78. The molecule has 21 heavy (non-hydrogen) atoms. The zero-order valence-electron chi connectivity index (χ0n) is 11.8. The second-order valence-electron chi connectivity index (χ2n) is 5.00. The molecule has 4 nitrogen and oxygen atoms in total. The van der Waals surface area contributed by atoms with Crippen molar-refractivity contribution < 1.29 is 8.42 Å². The highest BCUT2D eigenvalue weighted by molar-refractivity contribution is 7.89. The number of hydrogen-bond acceptors (Lipinski definition) is 4. The van der Waals surface area contributed by atoms with E-state index in [0.29, 0.717) is 5.56 Å². The summed E-state index contributed by atoms with van der Waals surface area (Å²) in [6.07, 6.45) is 0. The average Bonchev–Trinajstić information content (AvgIpc) is 2.98. The van der Waals surface area contributed by atoms with E-state index < -0.39 is 10.0 Å². The Morgan fingerprint density at radius 1 is 1.24 bits per heavy atom. The van der Waals surface area contributed by atoms with Crippen molar-refractivity contribution in [2.24, 2.45) is 5.92 Å². The first-order chi connectivity index (χ1) is 9.94. The molecule has 0 aliphatic rings. The maximum atomic E-state index is 12.5. The van der Waals surface area contributed by atoms with Gasteiger partial charge in [0.2, 0.25) is 10.0 Å². The Labute approximate surface area is 129 Å². The Balaban J connectivity index is 2.33. The molecular weight excluding hydrogens is 304 g/mol. The molecule has 0 saturated heterocycles. The molecule has 2 rings (SSSR count). The van der Waals surface area contributed by atoms with Gasteiger partial charge >= 0.3 is 0 Å². The van der Waals surface area contributed by atoms with Gasteiger partial charge in [-0.25, -0.2) is 13.1 Å². The fourth-order valence-corrected chi connectivity index (χ4v) is 4.39. The molecule has 1 aromatic carbocycles. The first-order valence-electron chi connectivity index (χ1n) is 6.50. The lowest BCUT2D eigenvalue weighted by molar-refractivity contribution is 0.469. The van der Waals surface area contributed by atoms with Crippen molar-refractivity contribution in [1.29, 1.82) is 5.26 Å². The average molecular weight is 320 g/mol. The minimum Gasteiger partial charge on any atom is -0.207 e. The van der Waals surface area contributed by atoms with Gasteiger partial charge in [0.05, 0.1) is 22.6 Å². The fraction of sp³-hybridized carbons (Fsp3) is 0.267. The molecule has 0 aliphatic heterocycles. The summed E-state index contributed by atoms with van der Waals surface area (Å²) in [7, 11) is -3.66. The predicted molar refractivity (Wildman–Crippen MR) is 83.4 cm³/mol. The summed E-state index contributed by atoms with van der Waals surface area (Å²) in [6, 6.07) is 11.5. The minimum atomic E-state index is -3.66. The number of benzene rings is 1. The van der Waals surface area contributed by atoms with Gasteiger partial charge in [0.1, 0.15) is 0 Å². The van der Waals surface area contributed by atoms with Crippen molar-refractivity contribution in [3.05, 3.63) is 52.2 Å². The smallest absolute Gasteiger partial charge is 0.207 e. The Morgan fingerprint density at radius 2 is 2.00 bits per heavy atom. The number of rotatable bonds is 5. The topological polar surface area (TPSA) is 70.0 Å². The quantitative estimate of drug-likeness (QED) is 0.919. The summed E-state index contributed by atoms with van der Waals surface area (Å²) in [5.41, 5.74) is 0.329. The van der Waals surface area contributed by atoms with Crippen LogP contribution in [-0.4, -0.2) is 8.42 Å². The molecule has 1 unspecified atom stereocenters. The number of nitriles is 1. The highest BCUT2D eigenvalue weighted by atomic mass is 32.2. The highest BCUT2D eigenvalue weighted by Gasteiger charge is 2.24. The number of nitrogens with one attached hydrogen (secondary N) is 1. The van der Waals surface area contributed by atoms with E-state index in [2.05, 4.69) is 4.72 Å². The second-order valence-corrected chi connectivity index (χ2v) is 7.69. The normalized spacial score (nSPS) is 13.0. The van der Waals surface area contributed by atoms with Crippen LogP contribution in [0.2, 0.25) is 0 Å². The molecule has 0 aliphatic carbocycles. The monoisotopic (exact) mass is 320 g/mol. The molecule has 0 bridgehead atoms. The van der Waals surface area contributed by atoms with Crippen LogP contribution in [0.3, 0.4) is 0 Å². The standard InChI is InChI=1S/C15H16N2O2S2/c1-11(2)15(14-7-4-8-20-14)17-21(18,19)13-6-3-5-12(9-13)10-16/h3-9,11,15,17H,1-2H3. The SMILES string of the molecule is CC(C)C(NS(=O)(=O)c1cccc(C#N)c1)c1cccs1. The number of hydrogen-bond donors (Lipinski definition) is 1. The van der Waals surface area contributed by atoms with Gasteiger partial charge in [0.25, 0.3) is 0 Å². The summed E-state index contributed by atoms with van der Waals surface area (Å²) in [6.45, 7) is 3.94. The van der Waals surface area contributed by atoms with Gasteiger partial charge in [-0.1, -0.05) is 26.0 Å². The van der Waals surface area contributed by atoms with Gasteiger partial charge in [-0.15, -0.1) is 11.3 Å². The summed E-state index contributed by atoms with van der Waals surface area (Å²) >= 11 is 1.52. The number of nitrogens with zero attached hydrogens (tertiary/aromatic N) is 1. The third kappa shape index (κ3) is 3.70. The van der Waals surface area contributed by atoms with Crippen LogP contribution < -0.4 is 4.72 Å². The first kappa shape index (κ1) is 15.7. The Bertz CT molecular complexity index is 744. The summed E-state index contributed by atoms with van der Waals surface area (Å²) < 4.78 is 27.7. The predicted octanol–water partition coefficient (Wildman–Crippen LogP) is 3.30. The number of thiophene rings is 1. The lowest BCUT2D eigenvalue weighted by atomic mass is 10.0. The molecule has 0 amide bonds. The van der Waals surface area contributed by atoms with E-state index in [1.807, 2.05) is 37.4 Å². The number of sulfonamides is 1. The van der Waals surface area contributed by atoms with Crippen molar-refractivity contribution in [2.75, 3.05) is 0 Å². The molecule has 0 spiro atoms. The maximum Gasteiger partial charge on any atom is 0.241 e. The molecule has 2 aromatic rings. The summed E-state index contributed by atoms with van der Waals surface area (Å²) in [5, 5.41) is 10.8. The van der Waals surface area contributed by atoms with Gasteiger partial charge in [-0.3, -0.25) is 0 Å². The summed E-state index contributed by atoms with van der Waals surface area (Å²) in [4.78, 5) is 1.09. The molecule has 1 N–H and O–H groups in total. The van der Waals surface area contributed by atoms with Crippen molar-refractivity contribution in [2.45, 2.75) is 24.8 Å². The maximum absolute atomic E-state index is 12.5. The van der Waals surface area contributed by atoms with E-state index in [1.54, 1.807) is 12.1 Å². The highest BCUT2D eigenvalue weighted by Crippen LogP contribution is 2.27. The zero-order chi connectivity index (χ0) is 15.5. The molecule has 0 radical (unpaired) electrons. The van der Waals surface area contributed by atoms with Crippen LogP contribution in [0.1, 0.15) is 30.3 Å². The molecule has 1 atom stereocenters. The van der Waals surface area contributed by atoms with Gasteiger partial charge in [-0.2, -0.15) is 5.26 Å².